The van der Waals surface area contributed by atoms with Crippen LogP contribution < -0.4 is 4.90 Å². The molecule has 0 saturated carbocycles. The molecular formula is C55H36N2O2. The molecule has 11 rings (SSSR count). The van der Waals surface area contributed by atoms with Gasteiger partial charge in [0, 0.05) is 28.0 Å². The molecule has 0 bridgehead atoms. The molecule has 278 valence electrons. The largest absolute Gasteiger partial charge is 0.456 e. The van der Waals surface area contributed by atoms with Crippen molar-refractivity contribution in [2.45, 2.75) is 0 Å². The standard InChI is InChI=1S/C55H36N2O2/c1-5-15-37(16-6-1)38-27-29-43(30-28-38)57(45-31-32-46(39-17-7-2-8-18-39)48(36-45)40-19-9-3-10-20-40)44-24-13-23-42(35-44)47-25-14-26-50-52(47)53-51(58-50)34-33-49-54(53)59-55(56-49)41-21-11-4-12-22-41/h1-36H. The summed E-state index contributed by atoms with van der Waals surface area (Å²) >= 11 is 0. The quantitative estimate of drug-likeness (QED) is 0.155. The van der Waals surface area contributed by atoms with Gasteiger partial charge in [-0.3, -0.25) is 0 Å². The van der Waals surface area contributed by atoms with E-state index in [0.717, 1.165) is 77.9 Å². The maximum Gasteiger partial charge on any atom is 0.227 e. The molecule has 4 heteroatoms. The van der Waals surface area contributed by atoms with E-state index < -0.39 is 0 Å². The van der Waals surface area contributed by atoms with Gasteiger partial charge in [0.15, 0.2) is 5.58 Å². The van der Waals surface area contributed by atoms with Crippen molar-refractivity contribution >= 4 is 50.1 Å². The minimum Gasteiger partial charge on any atom is -0.456 e. The first-order valence-corrected chi connectivity index (χ1v) is 19.9. The lowest BCUT2D eigenvalue weighted by Crippen LogP contribution is -2.10. The number of fused-ring (bicyclic) bond motifs is 5. The van der Waals surface area contributed by atoms with Crippen molar-refractivity contribution in [1.29, 1.82) is 0 Å². The van der Waals surface area contributed by atoms with E-state index in [1.54, 1.807) is 0 Å². The summed E-state index contributed by atoms with van der Waals surface area (Å²) in [6.07, 6.45) is 0. The molecule has 2 aromatic heterocycles. The number of anilines is 3. The van der Waals surface area contributed by atoms with E-state index in [1.165, 1.54) is 22.3 Å². The van der Waals surface area contributed by atoms with Crippen LogP contribution in [0.3, 0.4) is 0 Å². The molecule has 9 aromatic carbocycles. The topological polar surface area (TPSA) is 42.4 Å². The summed E-state index contributed by atoms with van der Waals surface area (Å²) in [7, 11) is 0. The van der Waals surface area contributed by atoms with E-state index in [1.807, 2.05) is 48.5 Å². The number of rotatable bonds is 8. The Hall–Kier alpha value is -7.95. The van der Waals surface area contributed by atoms with Crippen LogP contribution in [0, 0.1) is 0 Å². The van der Waals surface area contributed by atoms with Gasteiger partial charge in [-0.05, 0) is 111 Å². The van der Waals surface area contributed by atoms with Gasteiger partial charge in [-0.1, -0.05) is 152 Å². The van der Waals surface area contributed by atoms with Crippen molar-refractivity contribution in [3.8, 4) is 56.0 Å². The van der Waals surface area contributed by atoms with Crippen LogP contribution in [0.5, 0.6) is 0 Å². The van der Waals surface area contributed by atoms with E-state index in [9.17, 15) is 0 Å². The van der Waals surface area contributed by atoms with E-state index in [-0.39, 0.29) is 0 Å². The molecule has 0 unspecified atom stereocenters. The highest BCUT2D eigenvalue weighted by molar-refractivity contribution is 6.21. The second-order valence-electron chi connectivity index (χ2n) is 14.7. The third-order valence-electron chi connectivity index (χ3n) is 11.1. The van der Waals surface area contributed by atoms with E-state index in [2.05, 4.69) is 175 Å². The van der Waals surface area contributed by atoms with Crippen LogP contribution in [0.2, 0.25) is 0 Å². The predicted octanol–water partition coefficient (Wildman–Crippen LogP) is 15.5. The van der Waals surface area contributed by atoms with E-state index >= 15 is 0 Å². The lowest BCUT2D eigenvalue weighted by atomic mass is 9.93. The minimum atomic E-state index is 0.587. The van der Waals surface area contributed by atoms with Gasteiger partial charge in [0.2, 0.25) is 5.89 Å². The zero-order chi connectivity index (χ0) is 39.1. The lowest BCUT2D eigenvalue weighted by molar-refractivity contribution is 0.622. The molecular weight excluding hydrogens is 721 g/mol. The molecule has 0 aliphatic heterocycles. The van der Waals surface area contributed by atoms with Crippen LogP contribution in [-0.2, 0) is 0 Å². The number of hydrogen-bond acceptors (Lipinski definition) is 4. The van der Waals surface area contributed by atoms with Crippen molar-refractivity contribution in [3.63, 3.8) is 0 Å². The normalized spacial score (nSPS) is 11.4. The SMILES string of the molecule is c1ccc(-c2ccc(N(c3cccc(-c4cccc5oc6ccc7nc(-c8ccccc8)oc7c6c45)c3)c3ccc(-c4ccccc4)c(-c4ccccc4)c3)cc2)cc1. The molecule has 0 amide bonds. The number of furan rings is 1. The highest BCUT2D eigenvalue weighted by atomic mass is 16.4. The monoisotopic (exact) mass is 756 g/mol. The van der Waals surface area contributed by atoms with Gasteiger partial charge in [0.25, 0.3) is 0 Å². The van der Waals surface area contributed by atoms with Crippen LogP contribution in [-0.4, -0.2) is 4.98 Å². The summed E-state index contributed by atoms with van der Waals surface area (Å²) in [6.45, 7) is 0. The zero-order valence-corrected chi connectivity index (χ0v) is 32.0. The second-order valence-corrected chi connectivity index (χ2v) is 14.7. The summed E-state index contributed by atoms with van der Waals surface area (Å²) < 4.78 is 13.1. The number of oxazole rings is 1. The minimum absolute atomic E-state index is 0.587. The summed E-state index contributed by atoms with van der Waals surface area (Å²) in [5.41, 5.74) is 16.3. The zero-order valence-electron chi connectivity index (χ0n) is 32.0. The molecule has 0 spiro atoms. The predicted molar refractivity (Wildman–Crippen MR) is 243 cm³/mol. The molecule has 0 fully saturated rings. The molecule has 0 aliphatic carbocycles. The Kier molecular flexibility index (Phi) is 8.45. The Labute approximate surface area is 341 Å². The maximum absolute atomic E-state index is 6.55. The van der Waals surface area contributed by atoms with Crippen LogP contribution >= 0.6 is 0 Å². The Morgan fingerprint density at radius 2 is 0.881 bits per heavy atom. The summed E-state index contributed by atoms with van der Waals surface area (Å²) in [5, 5.41) is 1.92. The molecule has 4 nitrogen and oxygen atoms in total. The van der Waals surface area contributed by atoms with Crippen LogP contribution in [0.4, 0.5) is 17.1 Å². The van der Waals surface area contributed by atoms with Crippen molar-refractivity contribution in [2.24, 2.45) is 0 Å². The van der Waals surface area contributed by atoms with Crippen molar-refractivity contribution in [1.82, 2.24) is 4.98 Å². The fourth-order valence-corrected chi connectivity index (χ4v) is 8.32. The number of benzene rings is 9. The molecule has 0 saturated heterocycles. The van der Waals surface area contributed by atoms with E-state index in [0.29, 0.717) is 5.89 Å². The third kappa shape index (κ3) is 6.24. The van der Waals surface area contributed by atoms with Gasteiger partial charge in [-0.2, -0.15) is 0 Å². The average Bonchev–Trinajstić information content (AvgIpc) is 3.93. The fourth-order valence-electron chi connectivity index (χ4n) is 8.32. The second kappa shape index (κ2) is 14.5. The molecule has 0 atom stereocenters. The Balaban J connectivity index is 1.09. The van der Waals surface area contributed by atoms with Crippen molar-refractivity contribution < 1.29 is 8.83 Å². The maximum atomic E-state index is 6.55. The smallest absolute Gasteiger partial charge is 0.227 e. The van der Waals surface area contributed by atoms with Crippen LogP contribution in [0.25, 0.3) is 89.0 Å². The number of aromatic nitrogens is 1. The Bertz CT molecular complexity index is 3240. The fraction of sp³-hybridized carbons (Fsp3) is 0. The van der Waals surface area contributed by atoms with Gasteiger partial charge in [0.05, 0.1) is 5.39 Å². The van der Waals surface area contributed by atoms with Gasteiger partial charge in [0.1, 0.15) is 16.7 Å². The van der Waals surface area contributed by atoms with Crippen molar-refractivity contribution in [2.75, 3.05) is 4.90 Å². The van der Waals surface area contributed by atoms with Crippen LogP contribution in [0.1, 0.15) is 0 Å². The first-order chi connectivity index (χ1) is 29.2. The highest BCUT2D eigenvalue weighted by Crippen LogP contribution is 2.45. The summed E-state index contributed by atoms with van der Waals surface area (Å²) in [5.74, 6) is 0.587. The van der Waals surface area contributed by atoms with E-state index in [4.69, 9.17) is 13.8 Å². The van der Waals surface area contributed by atoms with Crippen LogP contribution in [0.15, 0.2) is 227 Å². The Morgan fingerprint density at radius 3 is 1.59 bits per heavy atom. The summed E-state index contributed by atoms with van der Waals surface area (Å²) in [4.78, 5) is 7.25. The third-order valence-corrected chi connectivity index (χ3v) is 11.1. The highest BCUT2D eigenvalue weighted by Gasteiger charge is 2.21. The van der Waals surface area contributed by atoms with Gasteiger partial charge < -0.3 is 13.7 Å². The molecule has 0 aliphatic rings. The first kappa shape index (κ1) is 34.3. The van der Waals surface area contributed by atoms with Gasteiger partial charge in [-0.25, -0.2) is 4.98 Å². The average molecular weight is 757 g/mol. The van der Waals surface area contributed by atoms with Gasteiger partial charge >= 0.3 is 0 Å². The number of nitrogens with zero attached hydrogens (tertiary/aromatic N) is 2. The first-order valence-electron chi connectivity index (χ1n) is 19.9. The Morgan fingerprint density at radius 1 is 0.322 bits per heavy atom. The molecule has 0 N–H and O–H groups in total. The summed E-state index contributed by atoms with van der Waals surface area (Å²) in [6, 6.07) is 76.6. The molecule has 59 heavy (non-hydrogen) atoms. The molecule has 11 aromatic rings. The van der Waals surface area contributed by atoms with Gasteiger partial charge in [-0.15, -0.1) is 0 Å². The lowest BCUT2D eigenvalue weighted by Gasteiger charge is -2.27. The van der Waals surface area contributed by atoms with Crippen molar-refractivity contribution in [3.05, 3.63) is 218 Å². The number of hydrogen-bond donors (Lipinski definition) is 0. The molecule has 0 radical (unpaired) electrons. The molecule has 2 heterocycles.